The van der Waals surface area contributed by atoms with E-state index in [0.29, 0.717) is 23.6 Å². The molecular formula is C14H17N5O2. The maximum Gasteiger partial charge on any atom is 0.295 e. The van der Waals surface area contributed by atoms with Crippen molar-refractivity contribution in [1.29, 1.82) is 0 Å². The molecule has 0 unspecified atom stereocenters. The van der Waals surface area contributed by atoms with Crippen LogP contribution in [-0.2, 0) is 0 Å². The number of benzene rings is 1. The molecule has 2 rings (SSSR count). The average molecular weight is 287 g/mol. The maximum absolute atomic E-state index is 12.0. The Morgan fingerprint density at radius 3 is 2.67 bits per heavy atom. The number of aromatic amines is 1. The molecule has 3 N–H and O–H groups in total. The lowest BCUT2D eigenvalue weighted by Crippen LogP contribution is -2.26. The number of rotatable bonds is 5. The van der Waals surface area contributed by atoms with Crippen molar-refractivity contribution in [3.05, 3.63) is 41.5 Å². The Balaban J connectivity index is 2.16. The van der Waals surface area contributed by atoms with Gasteiger partial charge in [-0.1, -0.05) is 19.1 Å². The van der Waals surface area contributed by atoms with E-state index in [1.807, 2.05) is 6.92 Å². The second-order valence-electron chi connectivity index (χ2n) is 4.50. The molecule has 7 nitrogen and oxygen atoms in total. The summed E-state index contributed by atoms with van der Waals surface area (Å²) < 4.78 is 0. The van der Waals surface area contributed by atoms with E-state index in [4.69, 9.17) is 0 Å². The number of nitrogens with zero attached hydrogens (tertiary/aromatic N) is 2. The average Bonchev–Trinajstić information content (AvgIpc) is 2.92. The molecule has 7 heteroatoms. The Bertz CT molecular complexity index is 650. The molecule has 0 saturated heterocycles. The van der Waals surface area contributed by atoms with Crippen LogP contribution >= 0.6 is 0 Å². The lowest BCUT2D eigenvalue weighted by Gasteiger charge is -2.10. The van der Waals surface area contributed by atoms with E-state index in [0.717, 1.165) is 6.42 Å². The van der Waals surface area contributed by atoms with Crippen LogP contribution in [0.1, 0.15) is 40.1 Å². The number of aromatic nitrogens is 3. The maximum atomic E-state index is 12.0. The smallest absolute Gasteiger partial charge is 0.295 e. The lowest BCUT2D eigenvalue weighted by atomic mass is 10.1. The summed E-state index contributed by atoms with van der Waals surface area (Å²) in [5.74, 6) is -0.0978. The van der Waals surface area contributed by atoms with E-state index < -0.39 is 5.91 Å². The van der Waals surface area contributed by atoms with Crippen molar-refractivity contribution in [2.45, 2.75) is 20.3 Å². The summed E-state index contributed by atoms with van der Waals surface area (Å²) in [5, 5.41) is 11.8. The number of nitrogens with one attached hydrogen (secondary N) is 3. The molecule has 0 bridgehead atoms. The first kappa shape index (κ1) is 14.7. The first-order chi connectivity index (χ1) is 10.1. The number of aryl methyl sites for hydroxylation is 1. The van der Waals surface area contributed by atoms with Crippen molar-refractivity contribution in [2.24, 2.45) is 0 Å². The summed E-state index contributed by atoms with van der Waals surface area (Å²) in [6.45, 7) is 4.26. The van der Waals surface area contributed by atoms with Crippen LogP contribution in [0.2, 0.25) is 0 Å². The quantitative estimate of drug-likeness (QED) is 0.776. The minimum Gasteiger partial charge on any atom is -0.352 e. The zero-order valence-corrected chi connectivity index (χ0v) is 11.9. The minimum atomic E-state index is -0.463. The fourth-order valence-corrected chi connectivity index (χ4v) is 1.75. The van der Waals surface area contributed by atoms with Gasteiger partial charge in [0.1, 0.15) is 5.82 Å². The fraction of sp³-hybridized carbons (Fsp3) is 0.286. The highest BCUT2D eigenvalue weighted by Gasteiger charge is 2.16. The van der Waals surface area contributed by atoms with Gasteiger partial charge in [-0.05, 0) is 25.5 Å². The molecule has 0 fully saturated rings. The van der Waals surface area contributed by atoms with E-state index in [1.165, 1.54) is 0 Å². The Morgan fingerprint density at radius 2 is 2.00 bits per heavy atom. The number of para-hydroxylation sites is 1. The highest BCUT2D eigenvalue weighted by Crippen LogP contribution is 2.15. The molecule has 1 heterocycles. The lowest BCUT2D eigenvalue weighted by molar-refractivity contribution is 0.0954. The Kier molecular flexibility index (Phi) is 4.65. The van der Waals surface area contributed by atoms with Crippen LogP contribution in [0.5, 0.6) is 0 Å². The van der Waals surface area contributed by atoms with Crippen LogP contribution < -0.4 is 10.6 Å². The molecule has 0 radical (unpaired) electrons. The van der Waals surface area contributed by atoms with Crippen molar-refractivity contribution in [2.75, 3.05) is 11.9 Å². The molecule has 0 aliphatic carbocycles. The van der Waals surface area contributed by atoms with E-state index in [-0.39, 0.29) is 11.7 Å². The Labute approximate surface area is 122 Å². The van der Waals surface area contributed by atoms with Crippen molar-refractivity contribution < 1.29 is 9.59 Å². The molecule has 2 aromatic rings. The fourth-order valence-electron chi connectivity index (χ4n) is 1.75. The number of H-pyrrole nitrogens is 1. The molecule has 0 saturated carbocycles. The van der Waals surface area contributed by atoms with Gasteiger partial charge < -0.3 is 10.6 Å². The first-order valence-corrected chi connectivity index (χ1v) is 6.69. The monoisotopic (exact) mass is 287 g/mol. The summed E-state index contributed by atoms with van der Waals surface area (Å²) in [5.41, 5.74) is 0.838. The zero-order valence-electron chi connectivity index (χ0n) is 11.9. The third kappa shape index (κ3) is 3.65. The topological polar surface area (TPSA) is 99.8 Å². The summed E-state index contributed by atoms with van der Waals surface area (Å²) in [6.07, 6.45) is 0.844. The zero-order chi connectivity index (χ0) is 15.2. The molecule has 0 spiro atoms. The van der Waals surface area contributed by atoms with Gasteiger partial charge in [0.2, 0.25) is 5.82 Å². The van der Waals surface area contributed by atoms with Crippen LogP contribution in [-0.4, -0.2) is 33.5 Å². The molecule has 0 atom stereocenters. The normalized spacial score (nSPS) is 10.2. The van der Waals surface area contributed by atoms with Gasteiger partial charge in [-0.2, -0.15) is 0 Å². The van der Waals surface area contributed by atoms with Gasteiger partial charge in [0.15, 0.2) is 0 Å². The number of carbonyl (C=O) groups is 2. The number of carbonyl (C=O) groups excluding carboxylic acids is 2. The molecule has 2 amide bonds. The van der Waals surface area contributed by atoms with E-state index >= 15 is 0 Å². The molecule has 0 aliphatic rings. The Morgan fingerprint density at radius 1 is 1.24 bits per heavy atom. The Hall–Kier alpha value is -2.70. The van der Waals surface area contributed by atoms with E-state index in [1.54, 1.807) is 31.2 Å². The second-order valence-corrected chi connectivity index (χ2v) is 4.50. The van der Waals surface area contributed by atoms with Crippen LogP contribution in [0.15, 0.2) is 24.3 Å². The summed E-state index contributed by atoms with van der Waals surface area (Å²) in [7, 11) is 0. The molecule has 21 heavy (non-hydrogen) atoms. The van der Waals surface area contributed by atoms with Gasteiger partial charge >= 0.3 is 0 Å². The highest BCUT2D eigenvalue weighted by atomic mass is 16.2. The number of hydrogen-bond donors (Lipinski definition) is 3. The van der Waals surface area contributed by atoms with Crippen molar-refractivity contribution in [1.82, 2.24) is 20.5 Å². The molecule has 0 aliphatic heterocycles. The number of amides is 2. The van der Waals surface area contributed by atoms with Gasteiger partial charge in [-0.25, -0.2) is 4.98 Å². The van der Waals surface area contributed by atoms with Gasteiger partial charge in [-0.3, -0.25) is 14.7 Å². The molecule has 1 aromatic carbocycles. The minimum absolute atomic E-state index is 0.0382. The molecular weight excluding hydrogens is 270 g/mol. The summed E-state index contributed by atoms with van der Waals surface area (Å²) in [6, 6.07) is 6.81. The number of hydrogen-bond acceptors (Lipinski definition) is 4. The van der Waals surface area contributed by atoms with Gasteiger partial charge in [0.25, 0.3) is 11.8 Å². The van der Waals surface area contributed by atoms with Crippen molar-refractivity contribution in [3.8, 4) is 0 Å². The van der Waals surface area contributed by atoms with Crippen LogP contribution in [0.4, 0.5) is 5.69 Å². The summed E-state index contributed by atoms with van der Waals surface area (Å²) >= 11 is 0. The van der Waals surface area contributed by atoms with Crippen LogP contribution in [0.3, 0.4) is 0 Å². The van der Waals surface area contributed by atoms with Gasteiger partial charge in [0.05, 0.1) is 11.3 Å². The predicted octanol–water partition coefficient (Wildman–Crippen LogP) is 1.51. The second kappa shape index (κ2) is 6.65. The predicted molar refractivity (Wildman–Crippen MR) is 78.1 cm³/mol. The van der Waals surface area contributed by atoms with E-state index in [2.05, 4.69) is 25.8 Å². The third-order valence-electron chi connectivity index (χ3n) is 2.76. The first-order valence-electron chi connectivity index (χ1n) is 6.69. The largest absolute Gasteiger partial charge is 0.352 e. The standard InChI is InChI=1S/C14H17N5O2/c1-3-8-15-13(20)10-6-4-5-7-11(10)17-14(21)12-16-9(2)18-19-12/h4-7H,3,8H2,1-2H3,(H,15,20)(H,17,21)(H,16,18,19). The van der Waals surface area contributed by atoms with Gasteiger partial charge in [0, 0.05) is 6.54 Å². The van der Waals surface area contributed by atoms with Crippen molar-refractivity contribution >= 4 is 17.5 Å². The molecule has 1 aromatic heterocycles. The van der Waals surface area contributed by atoms with Gasteiger partial charge in [-0.15, -0.1) is 5.10 Å². The number of anilines is 1. The van der Waals surface area contributed by atoms with Crippen LogP contribution in [0.25, 0.3) is 0 Å². The highest BCUT2D eigenvalue weighted by molar-refractivity contribution is 6.07. The van der Waals surface area contributed by atoms with Crippen molar-refractivity contribution in [3.63, 3.8) is 0 Å². The van der Waals surface area contributed by atoms with Crippen LogP contribution in [0, 0.1) is 6.92 Å². The molecule has 110 valence electrons. The SMILES string of the molecule is CCCNC(=O)c1ccccc1NC(=O)c1n[nH]c(C)n1. The van der Waals surface area contributed by atoms with E-state index in [9.17, 15) is 9.59 Å². The summed E-state index contributed by atoms with van der Waals surface area (Å²) in [4.78, 5) is 28.0. The third-order valence-corrected chi connectivity index (χ3v) is 2.76.